The number of anilines is 1. The first kappa shape index (κ1) is 9.47. The Kier molecular flexibility index (Phi) is 3.05. The number of halogens is 1. The van der Waals surface area contributed by atoms with Crippen molar-refractivity contribution in [3.05, 3.63) is 4.73 Å². The topological polar surface area (TPSA) is 77.0 Å². The average Bonchev–Trinajstić information content (AvgIpc) is 2.30. The highest BCUT2D eigenvalue weighted by molar-refractivity contribution is 9.10. The van der Waals surface area contributed by atoms with E-state index >= 15 is 0 Å². The van der Waals surface area contributed by atoms with Crippen molar-refractivity contribution in [2.75, 3.05) is 12.3 Å². The smallest absolute Gasteiger partial charge is 0.240 e. The Morgan fingerprint density at radius 3 is 2.83 bits per heavy atom. The number of hydrogen-bond donors (Lipinski definition) is 2. The van der Waals surface area contributed by atoms with E-state index in [-0.39, 0.29) is 18.5 Å². The zero-order valence-corrected chi connectivity index (χ0v) is 8.32. The van der Waals surface area contributed by atoms with Crippen LogP contribution in [0.25, 0.3) is 0 Å². The second-order valence-corrected chi connectivity index (χ2v) is 3.42. The highest BCUT2D eigenvalue weighted by Gasteiger charge is 2.07. The van der Waals surface area contributed by atoms with E-state index in [1.165, 1.54) is 0 Å². The second kappa shape index (κ2) is 3.86. The zero-order valence-electron chi connectivity index (χ0n) is 6.74. The number of aliphatic hydroxyl groups excluding tert-OH is 1. The molecule has 1 atom stereocenters. The number of hydrogen-bond acceptors (Lipinski definition) is 4. The van der Waals surface area contributed by atoms with Crippen LogP contribution in [0.15, 0.2) is 4.73 Å². The van der Waals surface area contributed by atoms with Crippen LogP contribution in [0.3, 0.4) is 0 Å². The van der Waals surface area contributed by atoms with Crippen LogP contribution in [0.4, 0.5) is 5.95 Å². The third-order valence-corrected chi connectivity index (χ3v) is 2.03. The van der Waals surface area contributed by atoms with E-state index < -0.39 is 0 Å². The summed E-state index contributed by atoms with van der Waals surface area (Å²) in [5.74, 6) is 0.398. The van der Waals surface area contributed by atoms with Crippen LogP contribution >= 0.6 is 15.9 Å². The van der Waals surface area contributed by atoms with E-state index in [0.29, 0.717) is 11.3 Å². The Morgan fingerprint density at radius 1 is 1.75 bits per heavy atom. The van der Waals surface area contributed by atoms with Crippen LogP contribution in [-0.2, 0) is 6.54 Å². The van der Waals surface area contributed by atoms with E-state index in [9.17, 15) is 0 Å². The molecule has 1 unspecified atom stereocenters. The molecule has 68 valence electrons. The molecule has 0 fully saturated rings. The SMILES string of the molecule is CC(CO)Cn1nc(N)nc1Br. The lowest BCUT2D eigenvalue weighted by molar-refractivity contribution is 0.218. The van der Waals surface area contributed by atoms with Gasteiger partial charge in [0.25, 0.3) is 0 Å². The molecule has 3 N–H and O–H groups in total. The van der Waals surface area contributed by atoms with Crippen molar-refractivity contribution >= 4 is 21.9 Å². The van der Waals surface area contributed by atoms with Gasteiger partial charge in [-0.3, -0.25) is 0 Å². The normalized spacial score (nSPS) is 13.2. The van der Waals surface area contributed by atoms with E-state index in [0.717, 1.165) is 0 Å². The molecule has 0 aromatic carbocycles. The summed E-state index contributed by atoms with van der Waals surface area (Å²) in [6, 6.07) is 0. The van der Waals surface area contributed by atoms with Crippen molar-refractivity contribution in [1.82, 2.24) is 14.8 Å². The first-order valence-corrected chi connectivity index (χ1v) is 4.39. The minimum atomic E-state index is 0.131. The minimum Gasteiger partial charge on any atom is -0.396 e. The van der Waals surface area contributed by atoms with Crippen LogP contribution in [0.2, 0.25) is 0 Å². The summed E-state index contributed by atoms with van der Waals surface area (Å²) in [5.41, 5.74) is 5.36. The molecular formula is C6H11BrN4O. The molecule has 0 bridgehead atoms. The third kappa shape index (κ3) is 2.18. The van der Waals surface area contributed by atoms with Gasteiger partial charge in [0.15, 0.2) is 4.73 Å². The van der Waals surface area contributed by atoms with Gasteiger partial charge in [0.2, 0.25) is 5.95 Å². The molecule has 12 heavy (non-hydrogen) atoms. The van der Waals surface area contributed by atoms with Crippen molar-refractivity contribution in [2.45, 2.75) is 13.5 Å². The van der Waals surface area contributed by atoms with Crippen LogP contribution in [-0.4, -0.2) is 26.5 Å². The predicted molar refractivity (Wildman–Crippen MR) is 48.4 cm³/mol. The monoisotopic (exact) mass is 234 g/mol. The summed E-state index contributed by atoms with van der Waals surface area (Å²) >= 11 is 3.20. The maximum Gasteiger partial charge on any atom is 0.240 e. The lowest BCUT2D eigenvalue weighted by Crippen LogP contribution is -2.12. The average molecular weight is 235 g/mol. The van der Waals surface area contributed by atoms with Gasteiger partial charge >= 0.3 is 0 Å². The fourth-order valence-electron chi connectivity index (χ4n) is 0.809. The number of nitrogens with two attached hydrogens (primary N) is 1. The number of nitrogen functional groups attached to an aromatic ring is 1. The molecule has 1 aromatic heterocycles. The maximum atomic E-state index is 8.79. The summed E-state index contributed by atoms with van der Waals surface area (Å²) in [5, 5.41) is 12.7. The second-order valence-electron chi connectivity index (χ2n) is 2.71. The van der Waals surface area contributed by atoms with E-state index in [2.05, 4.69) is 26.0 Å². The molecule has 0 aliphatic rings. The molecule has 0 amide bonds. The van der Waals surface area contributed by atoms with Crippen LogP contribution < -0.4 is 5.73 Å². The molecule has 0 saturated heterocycles. The third-order valence-electron chi connectivity index (χ3n) is 1.44. The number of rotatable bonds is 3. The van der Waals surface area contributed by atoms with Crippen LogP contribution in [0.1, 0.15) is 6.92 Å². The molecular weight excluding hydrogens is 224 g/mol. The summed E-state index contributed by atoms with van der Waals surface area (Å²) in [6.07, 6.45) is 0. The summed E-state index contributed by atoms with van der Waals surface area (Å²) < 4.78 is 2.22. The van der Waals surface area contributed by atoms with Gasteiger partial charge < -0.3 is 10.8 Å². The molecule has 0 spiro atoms. The number of aromatic nitrogens is 3. The molecule has 0 aliphatic heterocycles. The van der Waals surface area contributed by atoms with Crippen LogP contribution in [0, 0.1) is 5.92 Å². The lowest BCUT2D eigenvalue weighted by atomic mass is 10.2. The molecule has 1 heterocycles. The summed E-state index contributed by atoms with van der Waals surface area (Å²) in [6.45, 7) is 2.66. The molecule has 1 aromatic rings. The maximum absolute atomic E-state index is 8.79. The van der Waals surface area contributed by atoms with Crippen molar-refractivity contribution in [2.24, 2.45) is 5.92 Å². The molecule has 0 aliphatic carbocycles. The Bertz CT molecular complexity index is 262. The highest BCUT2D eigenvalue weighted by Crippen LogP contribution is 2.10. The Morgan fingerprint density at radius 2 is 2.42 bits per heavy atom. The van der Waals surface area contributed by atoms with E-state index in [1.807, 2.05) is 6.92 Å². The number of nitrogens with zero attached hydrogens (tertiary/aromatic N) is 3. The summed E-state index contributed by atoms with van der Waals surface area (Å²) in [7, 11) is 0. The largest absolute Gasteiger partial charge is 0.396 e. The van der Waals surface area contributed by atoms with Gasteiger partial charge in [-0.25, -0.2) is 4.68 Å². The van der Waals surface area contributed by atoms with Crippen molar-refractivity contribution in [1.29, 1.82) is 0 Å². The zero-order chi connectivity index (χ0) is 9.14. The Balaban J connectivity index is 2.68. The first-order chi connectivity index (χ1) is 5.63. The van der Waals surface area contributed by atoms with Gasteiger partial charge in [-0.05, 0) is 21.8 Å². The Labute approximate surface area is 78.7 Å². The van der Waals surface area contributed by atoms with Gasteiger partial charge in [0.1, 0.15) is 0 Å². The minimum absolute atomic E-state index is 0.131. The molecule has 6 heteroatoms. The molecule has 1 rings (SSSR count). The van der Waals surface area contributed by atoms with Gasteiger partial charge in [-0.15, -0.1) is 5.10 Å². The fraction of sp³-hybridized carbons (Fsp3) is 0.667. The lowest BCUT2D eigenvalue weighted by Gasteiger charge is -2.06. The van der Waals surface area contributed by atoms with Gasteiger partial charge in [-0.1, -0.05) is 6.92 Å². The van der Waals surface area contributed by atoms with Crippen molar-refractivity contribution in [3.8, 4) is 0 Å². The molecule has 0 saturated carbocycles. The Hall–Kier alpha value is -0.620. The van der Waals surface area contributed by atoms with Gasteiger partial charge in [-0.2, -0.15) is 4.98 Å². The van der Waals surface area contributed by atoms with Gasteiger partial charge in [0.05, 0.1) is 0 Å². The molecule has 0 radical (unpaired) electrons. The number of aliphatic hydroxyl groups is 1. The molecule has 5 nitrogen and oxygen atoms in total. The van der Waals surface area contributed by atoms with Crippen LogP contribution in [0.5, 0.6) is 0 Å². The fourth-order valence-corrected chi connectivity index (χ4v) is 1.21. The highest BCUT2D eigenvalue weighted by atomic mass is 79.9. The standard InChI is InChI=1S/C6H11BrN4O/c1-4(3-12)2-11-5(7)9-6(8)10-11/h4,12H,2-3H2,1H3,(H2,8,10). The van der Waals surface area contributed by atoms with Crippen molar-refractivity contribution < 1.29 is 5.11 Å². The quantitative estimate of drug-likeness (QED) is 0.787. The van der Waals surface area contributed by atoms with E-state index in [1.54, 1.807) is 4.68 Å². The van der Waals surface area contributed by atoms with Crippen molar-refractivity contribution in [3.63, 3.8) is 0 Å². The summed E-state index contributed by atoms with van der Waals surface area (Å²) in [4.78, 5) is 3.86. The van der Waals surface area contributed by atoms with E-state index in [4.69, 9.17) is 10.8 Å². The predicted octanol–water partition coefficient (Wildman–Crippen LogP) is 0.251. The first-order valence-electron chi connectivity index (χ1n) is 3.60. The van der Waals surface area contributed by atoms with Gasteiger partial charge in [0, 0.05) is 13.2 Å².